The summed E-state index contributed by atoms with van der Waals surface area (Å²) in [6, 6.07) is 14.7. The molecule has 34 heavy (non-hydrogen) atoms. The van der Waals surface area contributed by atoms with Gasteiger partial charge in [-0.1, -0.05) is 36.4 Å². The van der Waals surface area contributed by atoms with Gasteiger partial charge in [0.2, 0.25) is 0 Å². The first-order valence-corrected chi connectivity index (χ1v) is 11.7. The summed E-state index contributed by atoms with van der Waals surface area (Å²) >= 11 is 0. The minimum Gasteiger partial charge on any atom is -0.405 e. The fraction of sp³-hybridized carbons (Fsp3) is 0.480. The predicted molar refractivity (Wildman–Crippen MR) is 128 cm³/mol. The third kappa shape index (κ3) is 6.01. The Morgan fingerprint density at radius 3 is 2.50 bits per heavy atom. The Labute approximate surface area is 198 Å². The Balaban J connectivity index is 1.28. The summed E-state index contributed by atoms with van der Waals surface area (Å²) in [5.41, 5.74) is 2.30. The van der Waals surface area contributed by atoms with Crippen LogP contribution in [0.3, 0.4) is 0 Å². The first-order chi connectivity index (χ1) is 16.3. The van der Waals surface area contributed by atoms with Crippen molar-refractivity contribution in [2.75, 3.05) is 18.9 Å². The van der Waals surface area contributed by atoms with Gasteiger partial charge >= 0.3 is 6.36 Å². The Kier molecular flexibility index (Phi) is 7.33. The highest BCUT2D eigenvalue weighted by Gasteiger charge is 2.34. The second kappa shape index (κ2) is 10.2. The molecular weight excluding hydrogens is 443 g/mol. The van der Waals surface area contributed by atoms with Crippen LogP contribution in [-0.4, -0.2) is 32.0 Å². The zero-order valence-electron chi connectivity index (χ0n) is 19.5. The van der Waals surface area contributed by atoms with E-state index in [1.807, 2.05) is 19.2 Å². The lowest BCUT2D eigenvalue weighted by Gasteiger charge is -2.39. The number of hydrogen-bond acceptors (Lipinski definition) is 4. The Bertz CT molecular complexity index is 1000. The van der Waals surface area contributed by atoms with Crippen LogP contribution in [0.4, 0.5) is 18.9 Å². The monoisotopic (exact) mass is 475 g/mol. The van der Waals surface area contributed by atoms with Crippen molar-refractivity contribution in [2.45, 2.75) is 57.2 Å². The molecule has 1 heterocycles. The number of rotatable bonds is 7. The van der Waals surface area contributed by atoms with Gasteiger partial charge in [-0.3, -0.25) is 5.32 Å². The Morgan fingerprint density at radius 1 is 1.06 bits per heavy atom. The van der Waals surface area contributed by atoms with Gasteiger partial charge < -0.3 is 20.7 Å². The summed E-state index contributed by atoms with van der Waals surface area (Å²) < 4.78 is 42.0. The zero-order chi connectivity index (χ0) is 24.2. The Morgan fingerprint density at radius 2 is 1.76 bits per heavy atom. The van der Waals surface area contributed by atoms with E-state index in [1.165, 1.54) is 6.07 Å². The maximum Gasteiger partial charge on any atom is 0.573 e. The van der Waals surface area contributed by atoms with E-state index in [2.05, 4.69) is 45.1 Å². The lowest BCUT2D eigenvalue weighted by molar-refractivity contribution is -0.274. The summed E-state index contributed by atoms with van der Waals surface area (Å²) in [5.74, 6) is 1.10. The predicted octanol–water partition coefficient (Wildman–Crippen LogP) is 4.70. The van der Waals surface area contributed by atoms with E-state index < -0.39 is 12.0 Å². The number of benzene rings is 2. The molecule has 1 aliphatic heterocycles. The quantitative estimate of drug-likeness (QED) is 0.468. The van der Waals surface area contributed by atoms with Crippen molar-refractivity contribution in [3.05, 3.63) is 59.7 Å². The van der Waals surface area contributed by atoms with Crippen molar-refractivity contribution in [1.82, 2.24) is 16.0 Å². The molecule has 1 fully saturated rings. The molecule has 184 valence electrons. The molecule has 0 spiro atoms. The summed E-state index contributed by atoms with van der Waals surface area (Å²) in [6.07, 6.45) is -0.690. The van der Waals surface area contributed by atoms with Gasteiger partial charge in [-0.25, -0.2) is 4.99 Å². The minimum absolute atomic E-state index is 0.148. The molecule has 4 rings (SSSR count). The van der Waals surface area contributed by atoms with Crippen LogP contribution < -0.4 is 26.0 Å². The maximum absolute atomic E-state index is 12.6. The average Bonchev–Trinajstić information content (AvgIpc) is 2.80. The third-order valence-corrected chi connectivity index (χ3v) is 6.66. The van der Waals surface area contributed by atoms with Crippen molar-refractivity contribution in [2.24, 2.45) is 10.9 Å². The number of halogens is 3. The van der Waals surface area contributed by atoms with E-state index in [1.54, 1.807) is 18.2 Å². The molecule has 1 unspecified atom stereocenters. The number of nitrogens with one attached hydrogen (secondary N) is 4. The fourth-order valence-corrected chi connectivity index (χ4v) is 4.70. The van der Waals surface area contributed by atoms with Crippen LogP contribution in [0.2, 0.25) is 0 Å². The van der Waals surface area contributed by atoms with E-state index in [4.69, 9.17) is 4.99 Å². The molecule has 1 atom stereocenters. The summed E-state index contributed by atoms with van der Waals surface area (Å²) in [5, 5.41) is 13.6. The molecule has 1 saturated carbocycles. The number of ether oxygens (including phenoxy) is 1. The molecule has 0 saturated heterocycles. The van der Waals surface area contributed by atoms with Gasteiger partial charge in [0, 0.05) is 23.4 Å². The van der Waals surface area contributed by atoms with Crippen LogP contribution in [0.1, 0.15) is 43.7 Å². The number of nitrogens with zero attached hydrogens (tertiary/aromatic N) is 1. The largest absolute Gasteiger partial charge is 0.573 e. The highest BCUT2D eigenvalue weighted by molar-refractivity contribution is 5.97. The van der Waals surface area contributed by atoms with Crippen LogP contribution in [-0.2, 0) is 12.2 Å². The normalized spacial score (nSPS) is 25.9. The molecule has 2 aliphatic rings. The lowest BCUT2D eigenvalue weighted by atomic mass is 9.86. The minimum atomic E-state index is -4.69. The van der Waals surface area contributed by atoms with Gasteiger partial charge in [0.25, 0.3) is 0 Å². The van der Waals surface area contributed by atoms with Crippen LogP contribution in [0.5, 0.6) is 5.75 Å². The number of aliphatic imine (C=N–C) groups is 1. The van der Waals surface area contributed by atoms with Gasteiger partial charge in [-0.15, -0.1) is 13.2 Å². The molecule has 0 radical (unpaired) electrons. The summed E-state index contributed by atoms with van der Waals surface area (Å²) in [7, 11) is 1.93. The molecule has 0 amide bonds. The SMILES string of the molecule is CNC1(C)NC(=NC2CCC(CNCc3ccccc3OC(F)(F)F)CC2)Nc2ccccc21. The first-order valence-electron chi connectivity index (χ1n) is 11.7. The number of alkyl halides is 3. The van der Waals surface area contributed by atoms with Gasteiger partial charge in [0.1, 0.15) is 11.4 Å². The van der Waals surface area contributed by atoms with Crippen molar-refractivity contribution in [3.8, 4) is 5.75 Å². The topological polar surface area (TPSA) is 69.7 Å². The highest BCUT2D eigenvalue weighted by atomic mass is 19.4. The summed E-state index contributed by atoms with van der Waals surface area (Å²) in [4.78, 5) is 4.96. The molecule has 2 aromatic rings. The smallest absolute Gasteiger partial charge is 0.405 e. The molecule has 0 bridgehead atoms. The molecule has 9 heteroatoms. The lowest BCUT2D eigenvalue weighted by Crippen LogP contribution is -2.57. The standard InChI is InChI=1S/C25H32F3N5O/c1-24(29-2)20-8-4-5-9-21(20)32-23(33-24)31-19-13-11-17(12-14-19)15-30-16-18-7-3-6-10-22(18)34-25(26,27)28/h3-10,17,19,29-30H,11-16H2,1-2H3,(H2,31,32,33). The van der Waals surface area contributed by atoms with E-state index >= 15 is 0 Å². The summed E-state index contributed by atoms with van der Waals surface area (Å²) in [6.45, 7) is 3.19. The van der Waals surface area contributed by atoms with Crippen LogP contribution >= 0.6 is 0 Å². The van der Waals surface area contributed by atoms with Crippen molar-refractivity contribution in [3.63, 3.8) is 0 Å². The molecule has 1 aliphatic carbocycles. The number of para-hydroxylation sites is 2. The zero-order valence-corrected chi connectivity index (χ0v) is 19.5. The van der Waals surface area contributed by atoms with Crippen LogP contribution in [0, 0.1) is 5.92 Å². The first kappa shape index (κ1) is 24.3. The number of anilines is 1. The number of guanidine groups is 1. The third-order valence-electron chi connectivity index (χ3n) is 6.66. The van der Waals surface area contributed by atoms with E-state index in [0.29, 0.717) is 18.0 Å². The fourth-order valence-electron chi connectivity index (χ4n) is 4.70. The van der Waals surface area contributed by atoms with Crippen molar-refractivity contribution < 1.29 is 17.9 Å². The molecule has 0 aromatic heterocycles. The van der Waals surface area contributed by atoms with Gasteiger partial charge in [-0.2, -0.15) is 0 Å². The highest BCUT2D eigenvalue weighted by Crippen LogP contribution is 2.31. The molecule has 4 N–H and O–H groups in total. The Hall–Kier alpha value is -2.78. The average molecular weight is 476 g/mol. The number of hydrogen-bond donors (Lipinski definition) is 4. The molecule has 2 aromatic carbocycles. The molecule has 6 nitrogen and oxygen atoms in total. The van der Waals surface area contributed by atoms with Gasteiger partial charge in [0.15, 0.2) is 5.96 Å². The number of fused-ring (bicyclic) bond motifs is 1. The second-order valence-electron chi connectivity index (χ2n) is 9.11. The van der Waals surface area contributed by atoms with Crippen molar-refractivity contribution in [1.29, 1.82) is 0 Å². The van der Waals surface area contributed by atoms with Gasteiger partial charge in [0.05, 0.1) is 6.04 Å². The second-order valence-corrected chi connectivity index (χ2v) is 9.11. The van der Waals surface area contributed by atoms with E-state index in [0.717, 1.165) is 49.4 Å². The maximum atomic E-state index is 12.6. The van der Waals surface area contributed by atoms with Crippen molar-refractivity contribution >= 4 is 11.6 Å². The van der Waals surface area contributed by atoms with E-state index in [9.17, 15) is 13.2 Å². The van der Waals surface area contributed by atoms with Crippen LogP contribution in [0.15, 0.2) is 53.5 Å². The molecular formula is C25H32F3N5O. The van der Waals surface area contributed by atoms with E-state index in [-0.39, 0.29) is 11.8 Å². The van der Waals surface area contributed by atoms with Crippen LogP contribution in [0.25, 0.3) is 0 Å². The van der Waals surface area contributed by atoms with Gasteiger partial charge in [-0.05, 0) is 64.3 Å².